The summed E-state index contributed by atoms with van der Waals surface area (Å²) in [5.41, 5.74) is 3.59. The van der Waals surface area contributed by atoms with E-state index in [9.17, 15) is 10.1 Å². The number of hydrogen-bond acceptors (Lipinski definition) is 9. The first-order chi connectivity index (χ1) is 21.9. The molecule has 4 aromatic rings. The Morgan fingerprint density at radius 1 is 1.24 bits per heavy atom. The van der Waals surface area contributed by atoms with Crippen LogP contribution in [0.1, 0.15) is 83.9 Å². The first-order valence-corrected chi connectivity index (χ1v) is 17.2. The molecule has 1 N–H and O–H groups in total. The summed E-state index contributed by atoms with van der Waals surface area (Å²) in [4.78, 5) is 29.2. The van der Waals surface area contributed by atoms with Crippen LogP contribution < -0.4 is 15.5 Å². The minimum atomic E-state index is -0.738. The molecule has 1 amide bonds. The largest absolute Gasteiger partial charge is 0.444 e. The molecule has 2 aliphatic heterocycles. The van der Waals surface area contributed by atoms with E-state index in [-0.39, 0.29) is 15.3 Å². The Kier molecular flexibility index (Phi) is 8.68. The van der Waals surface area contributed by atoms with Crippen LogP contribution in [0.4, 0.5) is 20.1 Å². The molecule has 1 saturated heterocycles. The maximum absolute atomic E-state index is 15.2. The van der Waals surface area contributed by atoms with Crippen LogP contribution in [0.15, 0.2) is 12.4 Å². The lowest BCUT2D eigenvalue weighted by Crippen LogP contribution is -2.27. The molecule has 7 rings (SSSR count). The zero-order valence-corrected chi connectivity index (χ0v) is 29.2. The molecule has 3 aromatic heterocycles. The second kappa shape index (κ2) is 12.3. The molecule has 5 heterocycles. The first-order valence-electron chi connectivity index (χ1n) is 15.8. The lowest BCUT2D eigenvalue weighted by atomic mass is 9.94. The smallest absolute Gasteiger partial charge is 0.412 e. The van der Waals surface area contributed by atoms with Gasteiger partial charge in [0, 0.05) is 40.9 Å². The fraction of sp³-hybridized carbons (Fsp3) is 0.500. The van der Waals surface area contributed by atoms with Gasteiger partial charge in [0.25, 0.3) is 0 Å². The van der Waals surface area contributed by atoms with Gasteiger partial charge in [-0.2, -0.15) is 5.26 Å². The van der Waals surface area contributed by atoms with Gasteiger partial charge < -0.3 is 14.4 Å². The minimum absolute atomic E-state index is 0.129. The molecule has 1 aliphatic carbocycles. The molecule has 9 nitrogen and oxygen atoms in total. The van der Waals surface area contributed by atoms with Gasteiger partial charge in [-0.15, -0.1) is 20.6 Å². The molecule has 46 heavy (non-hydrogen) atoms. The number of nitrogens with one attached hydrogen (secondary N) is 1. The number of halogens is 1. The van der Waals surface area contributed by atoms with Crippen molar-refractivity contribution >= 4 is 63.9 Å². The summed E-state index contributed by atoms with van der Waals surface area (Å²) in [7, 11) is 2.80. The van der Waals surface area contributed by atoms with Crippen LogP contribution in [-0.4, -0.2) is 39.7 Å². The molecule has 1 aromatic carbocycles. The third-order valence-corrected chi connectivity index (χ3v) is 10.8. The van der Waals surface area contributed by atoms with Crippen LogP contribution in [0.25, 0.3) is 32.2 Å². The van der Waals surface area contributed by atoms with Gasteiger partial charge in [-0.05, 0) is 56.1 Å². The summed E-state index contributed by atoms with van der Waals surface area (Å²) in [6.45, 7) is 14.5. The van der Waals surface area contributed by atoms with Gasteiger partial charge in [0.15, 0.2) is 5.82 Å². The van der Waals surface area contributed by atoms with Crippen molar-refractivity contribution in [3.05, 3.63) is 34.9 Å². The van der Waals surface area contributed by atoms with Gasteiger partial charge in [0.2, 0.25) is 5.95 Å². The molecule has 1 saturated carbocycles. The molecule has 0 radical (unpaired) electrons. The highest BCUT2D eigenvalue weighted by Gasteiger charge is 2.53. The number of unbranched alkanes of at least 4 members (excludes halogenated alkanes) is 1. The van der Waals surface area contributed by atoms with E-state index in [1.165, 1.54) is 25.7 Å². The number of fused-ring (bicyclic) bond motifs is 4. The summed E-state index contributed by atoms with van der Waals surface area (Å²) in [5, 5.41) is 15.1. The van der Waals surface area contributed by atoms with Crippen molar-refractivity contribution in [2.75, 3.05) is 23.3 Å². The molecule has 2 atom stereocenters. The van der Waals surface area contributed by atoms with Crippen LogP contribution in [-0.2, 0) is 22.7 Å². The normalized spacial score (nSPS) is 18.0. The minimum Gasteiger partial charge on any atom is -0.444 e. The summed E-state index contributed by atoms with van der Waals surface area (Å²) < 4.78 is 26.7. The average Bonchev–Trinajstić information content (AvgIpc) is 3.30. The highest BCUT2D eigenvalue weighted by Crippen LogP contribution is 2.56. The Hall–Kier alpha value is -3.45. The Morgan fingerprint density at radius 2 is 1.96 bits per heavy atom. The molecule has 242 valence electrons. The zero-order valence-electron chi connectivity index (χ0n) is 27.2. The van der Waals surface area contributed by atoms with Crippen LogP contribution in [0.2, 0.25) is 0 Å². The maximum Gasteiger partial charge on any atom is 0.412 e. The molecule has 2 unspecified atom stereocenters. The fourth-order valence-corrected chi connectivity index (χ4v) is 7.90. The van der Waals surface area contributed by atoms with Crippen LogP contribution in [0.5, 0.6) is 0 Å². The van der Waals surface area contributed by atoms with Gasteiger partial charge in [-0.1, -0.05) is 33.6 Å². The van der Waals surface area contributed by atoms with E-state index in [1.54, 1.807) is 20.8 Å². The number of hydrogen-bond donors (Lipinski definition) is 1. The molecule has 2 fully saturated rings. The molecule has 1 spiro atoms. The quantitative estimate of drug-likeness (QED) is 0.220. The Balaban J connectivity index is 0.000000879. The number of carbonyl (C=O) groups is 1. The summed E-state index contributed by atoms with van der Waals surface area (Å²) in [5.74, 6) is 0.716. The second-order valence-corrected chi connectivity index (χ2v) is 15.1. The number of amides is 1. The average molecular weight is 663 g/mol. The van der Waals surface area contributed by atoms with Crippen molar-refractivity contribution in [3.8, 4) is 17.3 Å². The number of rotatable bonds is 4. The van der Waals surface area contributed by atoms with Crippen molar-refractivity contribution in [3.63, 3.8) is 0 Å². The second-order valence-electron chi connectivity index (χ2n) is 13.5. The molecular formula is C34H40FN6O3PS. The number of anilines is 2. The number of nitriles is 1. The number of thiophene rings is 1. The third-order valence-electron chi connectivity index (χ3n) is 9.14. The monoisotopic (exact) mass is 662 g/mol. The van der Waals surface area contributed by atoms with Crippen molar-refractivity contribution in [2.45, 2.75) is 86.0 Å². The van der Waals surface area contributed by atoms with E-state index in [1.807, 2.05) is 6.20 Å². The lowest BCUT2D eigenvalue weighted by Gasteiger charge is -2.19. The first kappa shape index (κ1) is 32.5. The Labute approximate surface area is 275 Å². The van der Waals surface area contributed by atoms with E-state index in [2.05, 4.69) is 51.3 Å². The number of carbonyl (C=O) groups excluding carboxylic acids is 1. The Morgan fingerprint density at radius 3 is 2.59 bits per heavy atom. The van der Waals surface area contributed by atoms with Crippen molar-refractivity contribution in [1.29, 1.82) is 5.26 Å². The Bertz CT molecular complexity index is 1890. The number of benzene rings is 1. The van der Waals surface area contributed by atoms with Crippen LogP contribution in [0.3, 0.4) is 0 Å². The highest BCUT2D eigenvalue weighted by atomic mass is 32.1. The molecule has 12 heteroatoms. The van der Waals surface area contributed by atoms with Gasteiger partial charge in [-0.3, -0.25) is 10.3 Å². The van der Waals surface area contributed by atoms with E-state index in [4.69, 9.17) is 19.4 Å². The summed E-state index contributed by atoms with van der Waals surface area (Å²) >= 11 is 0.986. The van der Waals surface area contributed by atoms with Gasteiger partial charge in [0.05, 0.1) is 40.9 Å². The topological polar surface area (TPSA) is 113 Å². The molecular weight excluding hydrogens is 622 g/mol. The van der Waals surface area contributed by atoms with Gasteiger partial charge >= 0.3 is 6.09 Å². The predicted molar refractivity (Wildman–Crippen MR) is 184 cm³/mol. The third kappa shape index (κ3) is 5.80. The predicted octanol–water partition coefficient (Wildman–Crippen LogP) is 7.84. The van der Waals surface area contributed by atoms with E-state index in [0.29, 0.717) is 41.6 Å². The highest BCUT2D eigenvalue weighted by molar-refractivity contribution is 7.29. The van der Waals surface area contributed by atoms with Crippen molar-refractivity contribution < 1.29 is 18.7 Å². The number of pyridine rings is 1. The number of nitrogens with zero attached hydrogens (tertiary/aromatic N) is 5. The standard InChI is InChI=1S/C30H30FN6O3PS.C4H10/c1-14-10-37(13-30(14)5-6-30)27-34-8-16-17-11-39-12-18(17)20(24(41)22(16)35-27)23-21-15(7-32)26(36-28(38)40-29(2,3)4)42-25(21)19(31)9-33-23;1-3-4-2/h8-9,14H,5-6,10-13,41H2,1-4H3,(H,36,38);3-4H2,1-2H3. The molecule has 3 aliphatic rings. The van der Waals surface area contributed by atoms with Crippen LogP contribution in [0, 0.1) is 28.5 Å². The maximum atomic E-state index is 15.2. The summed E-state index contributed by atoms with van der Waals surface area (Å²) in [6, 6.07) is 2.18. The number of ether oxygens (including phenoxy) is 2. The summed E-state index contributed by atoms with van der Waals surface area (Å²) in [6.07, 6.45) is 7.46. The van der Waals surface area contributed by atoms with Crippen LogP contribution >= 0.6 is 20.6 Å². The fourth-order valence-electron chi connectivity index (χ4n) is 6.33. The zero-order chi connectivity index (χ0) is 33.0. The number of aromatic nitrogens is 3. The van der Waals surface area contributed by atoms with Gasteiger partial charge in [-0.25, -0.2) is 19.2 Å². The van der Waals surface area contributed by atoms with E-state index >= 15 is 4.39 Å². The SMILES string of the molecule is CC1CN(c2ncc3c4c(c(-c5ncc(F)c6sc(NC(=O)OC(C)(C)C)c(C#N)c56)c(P)c3n2)COC4)CC12CC2.CCCC. The van der Waals surface area contributed by atoms with Crippen molar-refractivity contribution in [1.82, 2.24) is 15.0 Å². The van der Waals surface area contributed by atoms with Crippen molar-refractivity contribution in [2.24, 2.45) is 11.3 Å². The molecule has 0 bridgehead atoms. The van der Waals surface area contributed by atoms with E-state index in [0.717, 1.165) is 63.5 Å². The van der Waals surface area contributed by atoms with Gasteiger partial charge in [0.1, 0.15) is 16.7 Å². The van der Waals surface area contributed by atoms with E-state index < -0.39 is 17.5 Å². The lowest BCUT2D eigenvalue weighted by molar-refractivity contribution is 0.0636.